The summed E-state index contributed by atoms with van der Waals surface area (Å²) in [5.41, 5.74) is 1.32. The first-order valence-electron chi connectivity index (χ1n) is 4.91. The fourth-order valence-electron chi connectivity index (χ4n) is 1.94. The van der Waals surface area contributed by atoms with E-state index in [4.69, 9.17) is 9.47 Å². The van der Waals surface area contributed by atoms with Gasteiger partial charge in [0.05, 0.1) is 0 Å². The molecule has 0 saturated carbocycles. The fourth-order valence-corrected chi connectivity index (χ4v) is 2.39. The highest BCUT2D eigenvalue weighted by Gasteiger charge is 2.42. The van der Waals surface area contributed by atoms with Crippen LogP contribution in [0.2, 0.25) is 0 Å². The van der Waals surface area contributed by atoms with E-state index >= 15 is 0 Å². The standard InChI is InChI=1S/C11H15BrO2/c1-11(2)13-9-5-3-4-8(6-7-12)10(9)14-11/h3-5,9-10H,6-7H2,1-2H3/t9-,10+/m0/s1. The van der Waals surface area contributed by atoms with Crippen molar-refractivity contribution in [3.63, 3.8) is 0 Å². The first-order valence-corrected chi connectivity index (χ1v) is 6.03. The SMILES string of the molecule is CC1(C)O[C@H]2C=CC=C(CCBr)[C@H]2O1. The minimum Gasteiger partial charge on any atom is -0.340 e. The van der Waals surface area contributed by atoms with E-state index in [1.54, 1.807) is 0 Å². The Hall–Kier alpha value is -0.120. The van der Waals surface area contributed by atoms with Crippen molar-refractivity contribution in [1.82, 2.24) is 0 Å². The summed E-state index contributed by atoms with van der Waals surface area (Å²) in [6.45, 7) is 3.93. The van der Waals surface area contributed by atoms with E-state index in [1.165, 1.54) is 5.57 Å². The van der Waals surface area contributed by atoms with Crippen LogP contribution in [0.25, 0.3) is 0 Å². The van der Waals surface area contributed by atoms with Gasteiger partial charge in [0.25, 0.3) is 0 Å². The van der Waals surface area contributed by atoms with Gasteiger partial charge >= 0.3 is 0 Å². The Kier molecular flexibility index (Phi) is 2.82. The second-order valence-electron chi connectivity index (χ2n) is 4.09. The summed E-state index contributed by atoms with van der Waals surface area (Å²) in [5, 5.41) is 0.972. The molecule has 0 spiro atoms. The highest BCUT2D eigenvalue weighted by Crippen LogP contribution is 2.35. The van der Waals surface area contributed by atoms with Gasteiger partial charge in [-0.15, -0.1) is 0 Å². The molecule has 0 N–H and O–H groups in total. The molecule has 1 heterocycles. The minimum absolute atomic E-state index is 0.101. The number of ether oxygens (including phenoxy) is 2. The molecule has 0 amide bonds. The van der Waals surface area contributed by atoms with Gasteiger partial charge in [-0.25, -0.2) is 0 Å². The Morgan fingerprint density at radius 1 is 1.43 bits per heavy atom. The molecule has 0 radical (unpaired) electrons. The lowest BCUT2D eigenvalue weighted by molar-refractivity contribution is -0.139. The van der Waals surface area contributed by atoms with Gasteiger partial charge in [0.1, 0.15) is 12.2 Å². The maximum Gasteiger partial charge on any atom is 0.164 e. The topological polar surface area (TPSA) is 18.5 Å². The molecule has 14 heavy (non-hydrogen) atoms. The molecule has 2 rings (SSSR count). The molecule has 1 saturated heterocycles. The van der Waals surface area contributed by atoms with Gasteiger partial charge in [-0.3, -0.25) is 0 Å². The maximum absolute atomic E-state index is 5.86. The molecule has 1 aliphatic heterocycles. The average Bonchev–Trinajstić information content (AvgIpc) is 2.41. The largest absolute Gasteiger partial charge is 0.340 e. The van der Waals surface area contributed by atoms with Gasteiger partial charge in [-0.2, -0.15) is 0 Å². The molecule has 2 nitrogen and oxygen atoms in total. The zero-order chi connectivity index (χ0) is 10.2. The summed E-state index contributed by atoms with van der Waals surface area (Å²) in [5.74, 6) is -0.449. The summed E-state index contributed by atoms with van der Waals surface area (Å²) < 4.78 is 11.6. The van der Waals surface area contributed by atoms with Crippen molar-refractivity contribution >= 4 is 15.9 Å². The molecule has 0 aromatic heterocycles. The van der Waals surface area contributed by atoms with Crippen LogP contribution in [0.5, 0.6) is 0 Å². The predicted molar refractivity (Wildman–Crippen MR) is 59.5 cm³/mol. The van der Waals surface area contributed by atoms with Crippen molar-refractivity contribution in [3.8, 4) is 0 Å². The van der Waals surface area contributed by atoms with Crippen LogP contribution in [0.15, 0.2) is 23.8 Å². The molecule has 0 aromatic rings. The molecule has 2 aliphatic rings. The lowest BCUT2D eigenvalue weighted by Gasteiger charge is -2.20. The Bertz CT molecular complexity index is 281. The predicted octanol–water partition coefficient (Wildman–Crippen LogP) is 2.79. The second kappa shape index (κ2) is 3.80. The van der Waals surface area contributed by atoms with E-state index in [-0.39, 0.29) is 12.2 Å². The van der Waals surface area contributed by atoms with Crippen molar-refractivity contribution in [2.75, 3.05) is 5.33 Å². The highest BCUT2D eigenvalue weighted by molar-refractivity contribution is 9.09. The van der Waals surface area contributed by atoms with Crippen LogP contribution in [0.3, 0.4) is 0 Å². The summed E-state index contributed by atoms with van der Waals surface area (Å²) in [6.07, 6.45) is 7.50. The zero-order valence-electron chi connectivity index (χ0n) is 8.50. The number of halogens is 1. The van der Waals surface area contributed by atoms with Crippen LogP contribution in [-0.4, -0.2) is 23.3 Å². The van der Waals surface area contributed by atoms with E-state index in [0.29, 0.717) is 0 Å². The van der Waals surface area contributed by atoms with E-state index in [1.807, 2.05) is 13.8 Å². The van der Waals surface area contributed by atoms with Crippen LogP contribution < -0.4 is 0 Å². The monoisotopic (exact) mass is 258 g/mol. The van der Waals surface area contributed by atoms with Gasteiger partial charge in [0, 0.05) is 5.33 Å². The van der Waals surface area contributed by atoms with Crippen LogP contribution in [0.1, 0.15) is 20.3 Å². The third kappa shape index (κ3) is 1.95. The van der Waals surface area contributed by atoms with Crippen molar-refractivity contribution in [3.05, 3.63) is 23.8 Å². The maximum atomic E-state index is 5.86. The lowest BCUT2D eigenvalue weighted by atomic mass is 9.97. The fraction of sp³-hybridized carbons (Fsp3) is 0.636. The molecule has 0 bridgehead atoms. The third-order valence-electron chi connectivity index (χ3n) is 2.49. The lowest BCUT2D eigenvalue weighted by Crippen LogP contribution is -2.25. The first-order chi connectivity index (χ1) is 6.62. The number of fused-ring (bicyclic) bond motifs is 1. The number of rotatable bonds is 2. The molecule has 0 aromatic carbocycles. The Labute approximate surface area is 93.1 Å². The molecule has 1 aliphatic carbocycles. The van der Waals surface area contributed by atoms with Crippen LogP contribution >= 0.6 is 15.9 Å². The van der Waals surface area contributed by atoms with Crippen LogP contribution in [0.4, 0.5) is 0 Å². The van der Waals surface area contributed by atoms with Crippen molar-refractivity contribution < 1.29 is 9.47 Å². The summed E-state index contributed by atoms with van der Waals surface area (Å²) >= 11 is 3.45. The van der Waals surface area contributed by atoms with Gasteiger partial charge < -0.3 is 9.47 Å². The number of hydrogen-bond acceptors (Lipinski definition) is 2. The van der Waals surface area contributed by atoms with E-state index in [2.05, 4.69) is 34.2 Å². The Morgan fingerprint density at radius 2 is 2.21 bits per heavy atom. The van der Waals surface area contributed by atoms with E-state index < -0.39 is 5.79 Å². The normalized spacial score (nSPS) is 34.1. The van der Waals surface area contributed by atoms with Gasteiger partial charge in [0.2, 0.25) is 0 Å². The number of alkyl halides is 1. The number of hydrogen-bond donors (Lipinski definition) is 0. The summed E-state index contributed by atoms with van der Waals surface area (Å²) in [4.78, 5) is 0. The van der Waals surface area contributed by atoms with Gasteiger partial charge in [-0.05, 0) is 25.8 Å². The smallest absolute Gasteiger partial charge is 0.164 e. The van der Waals surface area contributed by atoms with Crippen molar-refractivity contribution in [2.45, 2.75) is 38.3 Å². The summed E-state index contributed by atoms with van der Waals surface area (Å²) in [6, 6.07) is 0. The molecule has 78 valence electrons. The molecule has 1 fully saturated rings. The first kappa shape index (κ1) is 10.4. The Balaban J connectivity index is 2.15. The molecule has 3 heteroatoms. The minimum atomic E-state index is -0.449. The zero-order valence-corrected chi connectivity index (χ0v) is 10.1. The van der Waals surface area contributed by atoms with E-state index in [9.17, 15) is 0 Å². The van der Waals surface area contributed by atoms with Crippen LogP contribution in [0, 0.1) is 0 Å². The highest BCUT2D eigenvalue weighted by atomic mass is 79.9. The molecular weight excluding hydrogens is 244 g/mol. The quantitative estimate of drug-likeness (QED) is 0.710. The van der Waals surface area contributed by atoms with Crippen LogP contribution in [-0.2, 0) is 9.47 Å². The molecule has 2 atom stereocenters. The van der Waals surface area contributed by atoms with E-state index in [0.717, 1.165) is 11.8 Å². The second-order valence-corrected chi connectivity index (χ2v) is 4.88. The molecular formula is C11H15BrO2. The van der Waals surface area contributed by atoms with Gasteiger partial charge in [-0.1, -0.05) is 34.2 Å². The van der Waals surface area contributed by atoms with Gasteiger partial charge in [0.15, 0.2) is 5.79 Å². The Morgan fingerprint density at radius 3 is 2.93 bits per heavy atom. The summed E-state index contributed by atoms with van der Waals surface area (Å²) in [7, 11) is 0. The molecule has 0 unspecified atom stereocenters. The van der Waals surface area contributed by atoms with Crippen molar-refractivity contribution in [1.29, 1.82) is 0 Å². The third-order valence-corrected chi connectivity index (χ3v) is 2.89. The average molecular weight is 259 g/mol. The van der Waals surface area contributed by atoms with Crippen molar-refractivity contribution in [2.24, 2.45) is 0 Å². The number of allylic oxidation sites excluding steroid dienone is 2.